The molecule has 1 saturated heterocycles. The smallest absolute Gasteiger partial charge is 0.225 e. The standard InChI is InChI=1S/C14H24N4/c1-14(2,3)12-5-7-16-13(17-12)18-8-6-11(10-18)9-15-4/h5,7,11,15H,6,8-10H2,1-4H3. The van der Waals surface area contributed by atoms with Crippen molar-refractivity contribution in [1.82, 2.24) is 15.3 Å². The molecule has 1 N–H and O–H groups in total. The molecule has 0 saturated carbocycles. The van der Waals surface area contributed by atoms with E-state index in [9.17, 15) is 0 Å². The van der Waals surface area contributed by atoms with Crippen LogP contribution in [0, 0.1) is 5.92 Å². The molecule has 0 amide bonds. The van der Waals surface area contributed by atoms with Gasteiger partial charge >= 0.3 is 0 Å². The maximum absolute atomic E-state index is 4.71. The molecule has 1 unspecified atom stereocenters. The summed E-state index contributed by atoms with van der Waals surface area (Å²) in [5.41, 5.74) is 1.20. The van der Waals surface area contributed by atoms with Crippen LogP contribution < -0.4 is 10.2 Å². The second-order valence-corrected chi connectivity index (χ2v) is 6.15. The highest BCUT2D eigenvalue weighted by molar-refractivity contribution is 5.33. The van der Waals surface area contributed by atoms with Gasteiger partial charge in [0.05, 0.1) is 5.69 Å². The van der Waals surface area contributed by atoms with Crippen LogP contribution in [0.3, 0.4) is 0 Å². The minimum absolute atomic E-state index is 0.0851. The van der Waals surface area contributed by atoms with Crippen molar-refractivity contribution in [3.63, 3.8) is 0 Å². The second kappa shape index (κ2) is 5.22. The fraction of sp³-hybridized carbons (Fsp3) is 0.714. The molecule has 100 valence electrons. The largest absolute Gasteiger partial charge is 0.340 e. The maximum atomic E-state index is 4.71. The van der Waals surface area contributed by atoms with Gasteiger partial charge in [0, 0.05) is 24.7 Å². The molecule has 4 nitrogen and oxygen atoms in total. The van der Waals surface area contributed by atoms with Gasteiger partial charge in [-0.05, 0) is 32.0 Å². The average molecular weight is 248 g/mol. The van der Waals surface area contributed by atoms with E-state index in [0.717, 1.165) is 37.2 Å². The Bertz CT molecular complexity index is 397. The molecular formula is C14H24N4. The lowest BCUT2D eigenvalue weighted by atomic mass is 9.92. The first-order valence-corrected chi connectivity index (χ1v) is 6.74. The van der Waals surface area contributed by atoms with Crippen LogP contribution in [-0.2, 0) is 5.41 Å². The van der Waals surface area contributed by atoms with Crippen molar-refractivity contribution < 1.29 is 0 Å². The van der Waals surface area contributed by atoms with Crippen LogP contribution in [0.25, 0.3) is 0 Å². The Morgan fingerprint density at radius 2 is 2.22 bits per heavy atom. The van der Waals surface area contributed by atoms with Crippen molar-refractivity contribution in [2.24, 2.45) is 5.92 Å². The summed E-state index contributed by atoms with van der Waals surface area (Å²) in [5, 5.41) is 3.25. The van der Waals surface area contributed by atoms with Gasteiger partial charge in [-0.25, -0.2) is 9.97 Å². The summed E-state index contributed by atoms with van der Waals surface area (Å²) < 4.78 is 0. The quantitative estimate of drug-likeness (QED) is 0.886. The minimum Gasteiger partial charge on any atom is -0.340 e. The lowest BCUT2D eigenvalue weighted by Crippen LogP contribution is -2.26. The molecule has 2 rings (SSSR count). The first-order valence-electron chi connectivity index (χ1n) is 6.74. The zero-order valence-corrected chi connectivity index (χ0v) is 11.9. The van der Waals surface area contributed by atoms with Gasteiger partial charge in [0.1, 0.15) is 0 Å². The second-order valence-electron chi connectivity index (χ2n) is 6.15. The SMILES string of the molecule is CNCC1CCN(c2nccc(C(C)(C)C)n2)C1. The van der Waals surface area contributed by atoms with Crippen molar-refractivity contribution >= 4 is 5.95 Å². The third kappa shape index (κ3) is 2.99. The molecule has 0 aliphatic carbocycles. The van der Waals surface area contributed by atoms with Crippen molar-refractivity contribution in [1.29, 1.82) is 0 Å². The van der Waals surface area contributed by atoms with Crippen molar-refractivity contribution in [2.75, 3.05) is 31.6 Å². The number of nitrogens with zero attached hydrogens (tertiary/aromatic N) is 3. The molecule has 1 aliphatic rings. The van der Waals surface area contributed by atoms with Crippen molar-refractivity contribution in [3.8, 4) is 0 Å². The van der Waals surface area contributed by atoms with Crippen LogP contribution in [0.5, 0.6) is 0 Å². The van der Waals surface area contributed by atoms with Gasteiger partial charge in [0.2, 0.25) is 5.95 Å². The third-order valence-electron chi connectivity index (χ3n) is 3.47. The number of aromatic nitrogens is 2. The molecule has 18 heavy (non-hydrogen) atoms. The number of hydrogen-bond donors (Lipinski definition) is 1. The predicted molar refractivity (Wildman–Crippen MR) is 75.0 cm³/mol. The van der Waals surface area contributed by atoms with Crippen LogP contribution in [0.4, 0.5) is 5.95 Å². The highest BCUT2D eigenvalue weighted by Crippen LogP contribution is 2.24. The molecule has 4 heteroatoms. The zero-order chi connectivity index (χ0) is 13.2. The van der Waals surface area contributed by atoms with E-state index in [1.807, 2.05) is 19.3 Å². The number of nitrogens with one attached hydrogen (secondary N) is 1. The Kier molecular flexibility index (Phi) is 3.85. The third-order valence-corrected chi connectivity index (χ3v) is 3.47. The number of anilines is 1. The summed E-state index contributed by atoms with van der Waals surface area (Å²) in [6, 6.07) is 2.02. The van der Waals surface area contributed by atoms with E-state index in [2.05, 4.69) is 36.0 Å². The zero-order valence-electron chi connectivity index (χ0n) is 11.9. The van der Waals surface area contributed by atoms with Crippen LogP contribution in [0.2, 0.25) is 0 Å². The van der Waals surface area contributed by atoms with Gasteiger partial charge in [0.15, 0.2) is 0 Å². The lowest BCUT2D eigenvalue weighted by molar-refractivity contribution is 0.547. The van der Waals surface area contributed by atoms with E-state index >= 15 is 0 Å². The van der Waals surface area contributed by atoms with Gasteiger partial charge in [0.25, 0.3) is 0 Å². The summed E-state index contributed by atoms with van der Waals surface area (Å²) >= 11 is 0. The molecule has 1 fully saturated rings. The van der Waals surface area contributed by atoms with Crippen molar-refractivity contribution in [3.05, 3.63) is 18.0 Å². The van der Waals surface area contributed by atoms with E-state index in [1.165, 1.54) is 6.42 Å². The van der Waals surface area contributed by atoms with Crippen LogP contribution >= 0.6 is 0 Å². The summed E-state index contributed by atoms with van der Waals surface area (Å²) in [7, 11) is 2.01. The minimum atomic E-state index is 0.0851. The van der Waals surface area contributed by atoms with Gasteiger partial charge < -0.3 is 10.2 Å². The lowest BCUT2D eigenvalue weighted by Gasteiger charge is -2.21. The van der Waals surface area contributed by atoms with E-state index in [1.54, 1.807) is 0 Å². The van der Waals surface area contributed by atoms with Crippen LogP contribution in [0.1, 0.15) is 32.9 Å². The van der Waals surface area contributed by atoms with Gasteiger partial charge in [-0.3, -0.25) is 0 Å². The maximum Gasteiger partial charge on any atom is 0.225 e. The molecule has 1 aromatic rings. The van der Waals surface area contributed by atoms with Gasteiger partial charge in [-0.15, -0.1) is 0 Å². The van der Waals surface area contributed by atoms with Crippen LogP contribution in [-0.4, -0.2) is 36.6 Å². The number of hydrogen-bond acceptors (Lipinski definition) is 4. The first-order chi connectivity index (χ1) is 8.50. The Morgan fingerprint density at radius 3 is 2.89 bits per heavy atom. The molecule has 0 bridgehead atoms. The molecule has 0 aromatic carbocycles. The number of rotatable bonds is 3. The summed E-state index contributed by atoms with van der Waals surface area (Å²) in [6.07, 6.45) is 3.11. The predicted octanol–water partition coefficient (Wildman–Crippen LogP) is 1.82. The van der Waals surface area contributed by atoms with Crippen LogP contribution in [0.15, 0.2) is 12.3 Å². The van der Waals surface area contributed by atoms with E-state index in [0.29, 0.717) is 0 Å². The monoisotopic (exact) mass is 248 g/mol. The molecule has 1 aromatic heterocycles. The molecule has 2 heterocycles. The Labute approximate surface area is 110 Å². The average Bonchev–Trinajstić information content (AvgIpc) is 2.77. The van der Waals surface area contributed by atoms with Gasteiger partial charge in [-0.2, -0.15) is 0 Å². The molecule has 1 aliphatic heterocycles. The summed E-state index contributed by atoms with van der Waals surface area (Å²) in [4.78, 5) is 11.4. The fourth-order valence-electron chi connectivity index (χ4n) is 2.39. The molecular weight excluding hydrogens is 224 g/mol. The first kappa shape index (κ1) is 13.3. The fourth-order valence-corrected chi connectivity index (χ4v) is 2.39. The highest BCUT2D eigenvalue weighted by atomic mass is 15.3. The summed E-state index contributed by atoms with van der Waals surface area (Å²) in [6.45, 7) is 9.77. The molecule has 0 radical (unpaired) electrons. The Morgan fingerprint density at radius 1 is 1.44 bits per heavy atom. The topological polar surface area (TPSA) is 41.0 Å². The van der Waals surface area contributed by atoms with Gasteiger partial charge in [-0.1, -0.05) is 20.8 Å². The normalized spacial score (nSPS) is 20.4. The van der Waals surface area contributed by atoms with Crippen molar-refractivity contribution in [2.45, 2.75) is 32.6 Å². The van der Waals surface area contributed by atoms with E-state index in [4.69, 9.17) is 4.98 Å². The summed E-state index contributed by atoms with van der Waals surface area (Å²) in [5.74, 6) is 1.61. The Hall–Kier alpha value is -1.16. The van der Waals surface area contributed by atoms with E-state index < -0.39 is 0 Å². The molecule has 1 atom stereocenters. The molecule has 0 spiro atoms. The van der Waals surface area contributed by atoms with E-state index in [-0.39, 0.29) is 5.41 Å². The highest BCUT2D eigenvalue weighted by Gasteiger charge is 2.25. The Balaban J connectivity index is 2.10.